The van der Waals surface area contributed by atoms with Gasteiger partial charge in [0.25, 0.3) is 5.91 Å². The van der Waals surface area contributed by atoms with Gasteiger partial charge in [0.15, 0.2) is 11.3 Å². The first kappa shape index (κ1) is 26.5. The van der Waals surface area contributed by atoms with Crippen molar-refractivity contribution in [2.75, 3.05) is 16.0 Å². The third-order valence-electron chi connectivity index (χ3n) is 7.19. The van der Waals surface area contributed by atoms with Gasteiger partial charge in [0, 0.05) is 41.0 Å². The maximum Gasteiger partial charge on any atom is 0.276 e. The van der Waals surface area contributed by atoms with Crippen LogP contribution in [0.4, 0.5) is 22.9 Å². The molecule has 5 N–H and O–H groups in total. The summed E-state index contributed by atoms with van der Waals surface area (Å²) in [7, 11) is 0. The number of nitrogens with zero attached hydrogens (tertiary/aromatic N) is 5. The number of nitrogens with one attached hydrogen (secondary N) is 3. The maximum atomic E-state index is 13.5. The van der Waals surface area contributed by atoms with Crippen LogP contribution < -0.4 is 21.7 Å². The van der Waals surface area contributed by atoms with Crippen LogP contribution in [0.15, 0.2) is 71.4 Å². The zero-order chi connectivity index (χ0) is 28.3. The maximum absolute atomic E-state index is 13.5. The summed E-state index contributed by atoms with van der Waals surface area (Å²) in [4.78, 5) is 22.5. The molecule has 1 fully saturated rings. The molecule has 11 nitrogen and oxygen atoms in total. The highest BCUT2D eigenvalue weighted by molar-refractivity contribution is 6.04. The third-order valence-corrected chi connectivity index (χ3v) is 7.19. The van der Waals surface area contributed by atoms with Crippen molar-refractivity contribution in [3.05, 3.63) is 78.4 Å². The number of aromatic nitrogens is 5. The quantitative estimate of drug-likeness (QED) is 0.194. The fraction of sp³-hybridized carbons (Fsp3) is 0.300. The molecule has 6 rings (SSSR count). The summed E-state index contributed by atoms with van der Waals surface area (Å²) in [5.41, 5.74) is 9.93. The lowest BCUT2D eigenvalue weighted by molar-refractivity contribution is 0.102. The number of hydrogen-bond donors (Lipinski definition) is 4. The van der Waals surface area contributed by atoms with E-state index < -0.39 is 0 Å². The van der Waals surface area contributed by atoms with Gasteiger partial charge in [-0.2, -0.15) is 4.98 Å². The van der Waals surface area contributed by atoms with Crippen LogP contribution in [0.3, 0.4) is 0 Å². The number of para-hydroxylation sites is 1. The molecule has 1 saturated carbocycles. The van der Waals surface area contributed by atoms with E-state index in [0.29, 0.717) is 34.6 Å². The van der Waals surface area contributed by atoms with Gasteiger partial charge in [-0.25, -0.2) is 9.50 Å². The Morgan fingerprint density at radius 1 is 1.02 bits per heavy atom. The van der Waals surface area contributed by atoms with Crippen molar-refractivity contribution in [1.29, 1.82) is 0 Å². The van der Waals surface area contributed by atoms with E-state index in [2.05, 4.69) is 31.1 Å². The lowest BCUT2D eigenvalue weighted by atomic mass is 9.92. The molecule has 0 atom stereocenters. The van der Waals surface area contributed by atoms with E-state index >= 15 is 0 Å². The van der Waals surface area contributed by atoms with E-state index in [1.54, 1.807) is 4.52 Å². The van der Waals surface area contributed by atoms with Gasteiger partial charge in [-0.15, -0.1) is 5.10 Å². The Hall–Kier alpha value is -4.77. The molecule has 1 aliphatic rings. The van der Waals surface area contributed by atoms with Gasteiger partial charge in [-0.1, -0.05) is 49.3 Å². The van der Waals surface area contributed by atoms with E-state index in [9.17, 15) is 4.79 Å². The fourth-order valence-corrected chi connectivity index (χ4v) is 4.95. The van der Waals surface area contributed by atoms with Crippen molar-refractivity contribution < 1.29 is 9.32 Å². The Balaban J connectivity index is 1.30. The number of amides is 1. The van der Waals surface area contributed by atoms with Crippen molar-refractivity contribution in [2.24, 2.45) is 5.73 Å². The van der Waals surface area contributed by atoms with Gasteiger partial charge >= 0.3 is 0 Å². The Morgan fingerprint density at radius 3 is 2.56 bits per heavy atom. The summed E-state index contributed by atoms with van der Waals surface area (Å²) in [6, 6.07) is 19.6. The van der Waals surface area contributed by atoms with Crippen LogP contribution in [-0.2, 0) is 0 Å². The van der Waals surface area contributed by atoms with Crippen LogP contribution in [0.25, 0.3) is 17.0 Å². The topological polar surface area (TPSA) is 148 Å². The molecule has 0 spiro atoms. The molecule has 210 valence electrons. The minimum Gasteiger partial charge on any atom is -0.366 e. The summed E-state index contributed by atoms with van der Waals surface area (Å²) in [5, 5.41) is 18.8. The van der Waals surface area contributed by atoms with Crippen LogP contribution in [-0.4, -0.2) is 42.7 Å². The zero-order valence-corrected chi connectivity index (χ0v) is 23.0. The number of anilines is 4. The standard InChI is InChI=1S/C30H33N9O2/c1-18(2)30-36-27(38-41-30)19-7-6-10-23(15-19)35-29(40)25-17-32-28-24(33-21-8-4-3-5-9-21)16-26(37-39(25)28)34-22-13-11-20(31)12-14-22/h3-10,15-18,20,22,33H,11-14,31H2,1-2H3,(H,34,37)(H,35,40). The number of hydrogen-bond acceptors (Lipinski definition) is 9. The Labute approximate surface area is 237 Å². The highest BCUT2D eigenvalue weighted by Crippen LogP contribution is 2.28. The Bertz CT molecular complexity index is 1650. The predicted molar refractivity (Wildman–Crippen MR) is 158 cm³/mol. The summed E-state index contributed by atoms with van der Waals surface area (Å²) < 4.78 is 6.93. The lowest BCUT2D eigenvalue weighted by Crippen LogP contribution is -2.33. The zero-order valence-electron chi connectivity index (χ0n) is 23.0. The average Bonchev–Trinajstić information content (AvgIpc) is 3.64. The number of carbonyl (C=O) groups is 1. The normalized spacial score (nSPS) is 17.1. The molecule has 0 unspecified atom stereocenters. The van der Waals surface area contributed by atoms with Gasteiger partial charge in [0.1, 0.15) is 5.82 Å². The van der Waals surface area contributed by atoms with Gasteiger partial charge in [-0.3, -0.25) is 4.79 Å². The number of carbonyl (C=O) groups excluding carboxylic acids is 1. The largest absolute Gasteiger partial charge is 0.366 e. The van der Waals surface area contributed by atoms with E-state index in [4.69, 9.17) is 15.4 Å². The Morgan fingerprint density at radius 2 is 1.80 bits per heavy atom. The summed E-state index contributed by atoms with van der Waals surface area (Å²) in [5.74, 6) is 1.47. The third kappa shape index (κ3) is 5.90. The van der Waals surface area contributed by atoms with Gasteiger partial charge < -0.3 is 26.2 Å². The fourth-order valence-electron chi connectivity index (χ4n) is 4.95. The first-order valence-corrected chi connectivity index (χ1v) is 13.9. The number of nitrogens with two attached hydrogens (primary N) is 1. The van der Waals surface area contributed by atoms with Crippen molar-refractivity contribution in [1.82, 2.24) is 24.7 Å². The van der Waals surface area contributed by atoms with E-state index in [0.717, 1.165) is 42.6 Å². The molecule has 0 saturated heterocycles. The molecule has 0 aliphatic heterocycles. The lowest BCUT2D eigenvalue weighted by Gasteiger charge is -2.27. The van der Waals surface area contributed by atoms with Crippen LogP contribution in [0.1, 0.15) is 61.8 Å². The van der Waals surface area contributed by atoms with Crippen molar-refractivity contribution in [2.45, 2.75) is 57.5 Å². The van der Waals surface area contributed by atoms with Gasteiger partial charge in [0.2, 0.25) is 11.7 Å². The molecule has 0 radical (unpaired) electrons. The SMILES string of the molecule is CC(C)c1nc(-c2cccc(NC(=O)c3cnc4c(Nc5ccccc5)cc(NC5CCC(N)CC5)nn34)c2)no1. The summed E-state index contributed by atoms with van der Waals surface area (Å²) in [6.07, 6.45) is 5.41. The second-order valence-corrected chi connectivity index (χ2v) is 10.7. The summed E-state index contributed by atoms with van der Waals surface area (Å²) >= 11 is 0. The van der Waals surface area contributed by atoms with Crippen LogP contribution >= 0.6 is 0 Å². The van der Waals surface area contributed by atoms with Crippen LogP contribution in [0.2, 0.25) is 0 Å². The molecule has 0 bridgehead atoms. The average molecular weight is 552 g/mol. The minimum atomic E-state index is -0.343. The monoisotopic (exact) mass is 551 g/mol. The minimum absolute atomic E-state index is 0.123. The highest BCUT2D eigenvalue weighted by atomic mass is 16.5. The summed E-state index contributed by atoms with van der Waals surface area (Å²) in [6.45, 7) is 3.98. The molecule has 1 amide bonds. The predicted octanol–water partition coefficient (Wildman–Crippen LogP) is 5.58. The smallest absolute Gasteiger partial charge is 0.276 e. The first-order chi connectivity index (χ1) is 19.9. The van der Waals surface area contributed by atoms with Crippen molar-refractivity contribution in [3.63, 3.8) is 0 Å². The number of rotatable bonds is 8. The molecule has 5 aromatic rings. The molecule has 41 heavy (non-hydrogen) atoms. The van der Waals surface area contributed by atoms with Crippen molar-refractivity contribution in [3.8, 4) is 11.4 Å². The number of benzene rings is 2. The molecule has 11 heteroatoms. The molecule has 3 aromatic heterocycles. The molecule has 3 heterocycles. The highest BCUT2D eigenvalue weighted by Gasteiger charge is 2.22. The van der Waals surface area contributed by atoms with Crippen molar-refractivity contribution >= 4 is 34.4 Å². The molecule has 2 aromatic carbocycles. The number of fused-ring (bicyclic) bond motifs is 1. The van der Waals surface area contributed by atoms with E-state index in [1.165, 1.54) is 6.20 Å². The molecular weight excluding hydrogens is 518 g/mol. The first-order valence-electron chi connectivity index (χ1n) is 13.9. The second kappa shape index (κ2) is 11.4. The number of imidazole rings is 1. The second-order valence-electron chi connectivity index (χ2n) is 10.7. The van der Waals surface area contributed by atoms with E-state index in [-0.39, 0.29) is 23.9 Å². The van der Waals surface area contributed by atoms with Gasteiger partial charge in [-0.05, 0) is 49.9 Å². The molecule has 1 aliphatic carbocycles. The van der Waals surface area contributed by atoms with Gasteiger partial charge in [0.05, 0.1) is 11.9 Å². The Kier molecular flexibility index (Phi) is 7.34. The van der Waals surface area contributed by atoms with Crippen LogP contribution in [0.5, 0.6) is 0 Å². The molecular formula is C30H33N9O2. The van der Waals surface area contributed by atoms with Crippen LogP contribution in [0, 0.1) is 0 Å². The van der Waals surface area contributed by atoms with E-state index in [1.807, 2.05) is 74.5 Å².